The molecular formula is C26H21N. The van der Waals surface area contributed by atoms with Gasteiger partial charge in [-0.05, 0) is 49.2 Å². The molecule has 0 aliphatic rings. The number of fused-ring (bicyclic) bond motifs is 3. The van der Waals surface area contributed by atoms with Gasteiger partial charge in [0, 0.05) is 16.5 Å². The van der Waals surface area contributed by atoms with Crippen LogP contribution in [0, 0.1) is 13.8 Å². The molecule has 1 nitrogen and oxygen atoms in total. The molecule has 0 amide bonds. The van der Waals surface area contributed by atoms with Crippen molar-refractivity contribution in [1.82, 2.24) is 4.57 Å². The molecule has 1 aromatic heterocycles. The van der Waals surface area contributed by atoms with Gasteiger partial charge >= 0.3 is 0 Å². The Balaban J connectivity index is 1.78. The molecule has 1 heterocycles. The van der Waals surface area contributed by atoms with Gasteiger partial charge in [-0.15, -0.1) is 0 Å². The highest BCUT2D eigenvalue weighted by molar-refractivity contribution is 6.09. The lowest BCUT2D eigenvalue weighted by Gasteiger charge is -2.11. The van der Waals surface area contributed by atoms with E-state index >= 15 is 0 Å². The number of hydrogen-bond acceptors (Lipinski definition) is 0. The van der Waals surface area contributed by atoms with Crippen molar-refractivity contribution in [3.63, 3.8) is 0 Å². The zero-order valence-electron chi connectivity index (χ0n) is 15.6. The molecule has 0 aliphatic carbocycles. The summed E-state index contributed by atoms with van der Waals surface area (Å²) in [5.41, 5.74) is 8.81. The normalized spacial score (nSPS) is 11.3. The Morgan fingerprint density at radius 2 is 1.11 bits per heavy atom. The second-order valence-corrected chi connectivity index (χ2v) is 7.30. The average molecular weight is 347 g/mol. The van der Waals surface area contributed by atoms with Crippen molar-refractivity contribution in [2.45, 2.75) is 13.8 Å². The van der Waals surface area contributed by atoms with E-state index < -0.39 is 0 Å². The topological polar surface area (TPSA) is 4.93 Å². The third-order valence-corrected chi connectivity index (χ3v) is 5.24. The van der Waals surface area contributed by atoms with Gasteiger partial charge in [0.25, 0.3) is 0 Å². The predicted molar refractivity (Wildman–Crippen MR) is 116 cm³/mol. The molecular weight excluding hydrogens is 326 g/mol. The lowest BCUT2D eigenvalue weighted by Crippen LogP contribution is -1.94. The van der Waals surface area contributed by atoms with Gasteiger partial charge < -0.3 is 4.57 Å². The van der Waals surface area contributed by atoms with E-state index in [0.29, 0.717) is 0 Å². The van der Waals surface area contributed by atoms with Crippen LogP contribution in [0.1, 0.15) is 11.1 Å². The summed E-state index contributed by atoms with van der Waals surface area (Å²) in [6.45, 7) is 4.32. The van der Waals surface area contributed by atoms with Crippen LogP contribution in [0.5, 0.6) is 0 Å². The summed E-state index contributed by atoms with van der Waals surface area (Å²) >= 11 is 0. The highest BCUT2D eigenvalue weighted by atomic mass is 15.0. The van der Waals surface area contributed by atoms with Crippen LogP contribution in [0.3, 0.4) is 0 Å². The molecule has 0 unspecified atom stereocenters. The maximum Gasteiger partial charge on any atom is 0.0541 e. The van der Waals surface area contributed by atoms with Crippen molar-refractivity contribution in [2.75, 3.05) is 0 Å². The number of hydrogen-bond donors (Lipinski definition) is 0. The first kappa shape index (κ1) is 15.9. The largest absolute Gasteiger partial charge is 0.309 e. The number of aryl methyl sites for hydroxylation is 2. The minimum atomic E-state index is 1.20. The Kier molecular flexibility index (Phi) is 3.61. The summed E-state index contributed by atoms with van der Waals surface area (Å²) in [5.74, 6) is 0. The summed E-state index contributed by atoms with van der Waals surface area (Å²) in [4.78, 5) is 0. The van der Waals surface area contributed by atoms with E-state index in [0.717, 1.165) is 0 Å². The molecule has 27 heavy (non-hydrogen) atoms. The Hall–Kier alpha value is -3.32. The number of aromatic nitrogens is 1. The maximum atomic E-state index is 2.37. The van der Waals surface area contributed by atoms with Crippen molar-refractivity contribution in [3.8, 4) is 16.8 Å². The summed E-state index contributed by atoms with van der Waals surface area (Å²) in [6.07, 6.45) is 0. The summed E-state index contributed by atoms with van der Waals surface area (Å²) in [5, 5.41) is 2.59. The van der Waals surface area contributed by atoms with Crippen LogP contribution >= 0.6 is 0 Å². The van der Waals surface area contributed by atoms with Crippen molar-refractivity contribution in [3.05, 3.63) is 102 Å². The Bertz CT molecular complexity index is 1220. The van der Waals surface area contributed by atoms with Crippen LogP contribution in [0.25, 0.3) is 38.6 Å². The van der Waals surface area contributed by atoms with E-state index in [4.69, 9.17) is 0 Å². The fourth-order valence-corrected chi connectivity index (χ4v) is 4.17. The fourth-order valence-electron chi connectivity index (χ4n) is 4.17. The van der Waals surface area contributed by atoms with E-state index in [1.54, 1.807) is 0 Å². The van der Waals surface area contributed by atoms with Crippen molar-refractivity contribution in [1.29, 1.82) is 0 Å². The first-order chi connectivity index (χ1) is 13.2. The lowest BCUT2D eigenvalue weighted by atomic mass is 10.0. The molecule has 0 bridgehead atoms. The first-order valence-corrected chi connectivity index (χ1v) is 9.38. The molecule has 130 valence electrons. The molecule has 4 aromatic carbocycles. The minimum absolute atomic E-state index is 1.20. The molecule has 0 spiro atoms. The molecule has 0 saturated heterocycles. The zero-order valence-corrected chi connectivity index (χ0v) is 15.6. The van der Waals surface area contributed by atoms with Crippen LogP contribution in [-0.4, -0.2) is 4.57 Å². The van der Waals surface area contributed by atoms with Crippen molar-refractivity contribution in [2.24, 2.45) is 0 Å². The van der Waals surface area contributed by atoms with E-state index in [-0.39, 0.29) is 0 Å². The van der Waals surface area contributed by atoms with Crippen LogP contribution in [0.2, 0.25) is 0 Å². The van der Waals surface area contributed by atoms with Gasteiger partial charge in [-0.2, -0.15) is 0 Å². The van der Waals surface area contributed by atoms with Crippen LogP contribution in [-0.2, 0) is 0 Å². The third-order valence-electron chi connectivity index (χ3n) is 5.24. The van der Waals surface area contributed by atoms with Gasteiger partial charge in [0.2, 0.25) is 0 Å². The van der Waals surface area contributed by atoms with Gasteiger partial charge in [0.1, 0.15) is 0 Å². The summed E-state index contributed by atoms with van der Waals surface area (Å²) in [7, 11) is 0. The number of rotatable bonds is 2. The highest BCUT2D eigenvalue weighted by Crippen LogP contribution is 2.33. The zero-order chi connectivity index (χ0) is 18.4. The fraction of sp³-hybridized carbons (Fsp3) is 0.0769. The predicted octanol–water partition coefficient (Wildman–Crippen LogP) is 7.07. The van der Waals surface area contributed by atoms with E-state index in [9.17, 15) is 0 Å². The van der Waals surface area contributed by atoms with Crippen LogP contribution in [0.15, 0.2) is 91.0 Å². The third kappa shape index (κ3) is 2.63. The van der Waals surface area contributed by atoms with Crippen molar-refractivity contribution < 1.29 is 0 Å². The highest BCUT2D eigenvalue weighted by Gasteiger charge is 2.11. The first-order valence-electron chi connectivity index (χ1n) is 9.38. The average Bonchev–Trinajstić information content (AvgIpc) is 3.02. The van der Waals surface area contributed by atoms with Crippen LogP contribution in [0.4, 0.5) is 0 Å². The minimum Gasteiger partial charge on any atom is -0.309 e. The second kappa shape index (κ2) is 6.14. The van der Waals surface area contributed by atoms with Gasteiger partial charge in [0.15, 0.2) is 0 Å². The smallest absolute Gasteiger partial charge is 0.0541 e. The molecule has 0 N–H and O–H groups in total. The second-order valence-electron chi connectivity index (χ2n) is 7.30. The summed E-state index contributed by atoms with van der Waals surface area (Å²) in [6, 6.07) is 32.9. The molecule has 0 aliphatic heterocycles. The van der Waals surface area contributed by atoms with Crippen molar-refractivity contribution >= 4 is 21.8 Å². The van der Waals surface area contributed by atoms with Gasteiger partial charge in [-0.25, -0.2) is 0 Å². The van der Waals surface area contributed by atoms with E-state index in [2.05, 4.69) is 109 Å². The molecule has 5 aromatic rings. The van der Waals surface area contributed by atoms with E-state index in [1.807, 2.05) is 0 Å². The van der Waals surface area contributed by atoms with Gasteiger partial charge in [0.05, 0.1) is 11.0 Å². The van der Waals surface area contributed by atoms with Gasteiger partial charge in [-0.3, -0.25) is 0 Å². The summed E-state index contributed by atoms with van der Waals surface area (Å²) < 4.78 is 2.37. The quantitative estimate of drug-likeness (QED) is 0.322. The molecule has 5 rings (SSSR count). The number of nitrogens with zero attached hydrogens (tertiary/aromatic N) is 1. The maximum absolute atomic E-state index is 2.37. The lowest BCUT2D eigenvalue weighted by molar-refractivity contribution is 1.18. The Morgan fingerprint density at radius 1 is 0.519 bits per heavy atom. The molecule has 0 saturated carbocycles. The molecule has 1 heteroatoms. The van der Waals surface area contributed by atoms with E-state index in [1.165, 1.54) is 49.7 Å². The Labute approximate surface area is 159 Å². The Morgan fingerprint density at radius 3 is 1.74 bits per heavy atom. The molecule has 0 radical (unpaired) electrons. The van der Waals surface area contributed by atoms with Gasteiger partial charge in [-0.1, -0.05) is 77.9 Å². The molecule has 0 atom stereocenters. The SMILES string of the molecule is Cc1cc(C)cc(-c2cccc(-n3c4ccccc4c4ccccc43)c2)c1. The van der Waals surface area contributed by atoms with Crippen LogP contribution < -0.4 is 0 Å². The molecule has 0 fully saturated rings. The number of para-hydroxylation sites is 2. The standard InChI is InChI=1S/C26H21N/c1-18-14-19(2)16-21(15-18)20-8-7-9-22(17-20)27-25-12-5-3-10-23(25)24-11-4-6-13-26(24)27/h3-17H,1-2H3. The monoisotopic (exact) mass is 347 g/mol. The number of benzene rings is 4.